The zero-order chi connectivity index (χ0) is 38.0. The molecule has 284 valence electrons. The lowest BCUT2D eigenvalue weighted by Gasteiger charge is -2.41. The van der Waals surface area contributed by atoms with Gasteiger partial charge in [-0.1, -0.05) is 24.3 Å². The van der Waals surface area contributed by atoms with E-state index < -0.39 is 86.7 Å². The van der Waals surface area contributed by atoms with E-state index in [1.165, 1.54) is 54.6 Å². The standard InChI is InChI=1S/C36H38O17/c37-14-25-28(42)30(44)32(46)35(52-25)50-23-12-20(40)11-22-21(23)13-24(34(49-22)17-4-8-19(39)9-5-17)51-36-33(47)31(45)29(43)26(53-36)15-48-27(41)10-3-16-1-6-18(38)7-2-16/h1-13,25-26,28-40,42-47H,14-15H2/b10-3+/t25-,26-,28-,29-,30+,31-,32-,33-,34?,35-,36-/m1/s1. The first-order valence-electron chi connectivity index (χ1n) is 16.3. The number of phenols is 3. The molecule has 0 amide bonds. The highest BCUT2D eigenvalue weighted by Crippen LogP contribution is 2.46. The van der Waals surface area contributed by atoms with E-state index in [0.29, 0.717) is 11.1 Å². The molecule has 3 aliphatic heterocycles. The van der Waals surface area contributed by atoms with Crippen molar-refractivity contribution in [2.24, 2.45) is 0 Å². The van der Waals surface area contributed by atoms with Crippen molar-refractivity contribution in [1.29, 1.82) is 0 Å². The van der Waals surface area contributed by atoms with Crippen molar-refractivity contribution < 1.29 is 84.3 Å². The van der Waals surface area contributed by atoms with Crippen LogP contribution in [0.5, 0.6) is 28.7 Å². The lowest BCUT2D eigenvalue weighted by molar-refractivity contribution is -0.294. The summed E-state index contributed by atoms with van der Waals surface area (Å²) in [5.74, 6) is -1.46. The van der Waals surface area contributed by atoms with Crippen molar-refractivity contribution in [1.82, 2.24) is 0 Å². The van der Waals surface area contributed by atoms with E-state index in [9.17, 15) is 55.9 Å². The normalized spacial score (nSPS) is 31.2. The highest BCUT2D eigenvalue weighted by Gasteiger charge is 2.47. The van der Waals surface area contributed by atoms with E-state index in [2.05, 4.69) is 0 Å². The highest BCUT2D eigenvalue weighted by atomic mass is 16.7. The maximum Gasteiger partial charge on any atom is 0.330 e. The molecule has 3 aliphatic rings. The maximum absolute atomic E-state index is 12.4. The Morgan fingerprint density at radius 2 is 1.28 bits per heavy atom. The monoisotopic (exact) mass is 742 g/mol. The number of hydrogen-bond donors (Lipinski definition) is 10. The summed E-state index contributed by atoms with van der Waals surface area (Å²) in [6, 6.07) is 14.1. The number of hydrogen-bond acceptors (Lipinski definition) is 17. The van der Waals surface area contributed by atoms with E-state index in [1.54, 1.807) is 12.1 Å². The molecular formula is C36H38O17. The van der Waals surface area contributed by atoms with Gasteiger partial charge in [-0.15, -0.1) is 0 Å². The van der Waals surface area contributed by atoms with Gasteiger partial charge in [-0.25, -0.2) is 4.79 Å². The Kier molecular flexibility index (Phi) is 11.4. The van der Waals surface area contributed by atoms with Gasteiger partial charge >= 0.3 is 5.97 Å². The molecular weight excluding hydrogens is 704 g/mol. The first-order valence-corrected chi connectivity index (χ1v) is 16.3. The molecule has 53 heavy (non-hydrogen) atoms. The van der Waals surface area contributed by atoms with E-state index >= 15 is 0 Å². The third-order valence-electron chi connectivity index (χ3n) is 8.78. The van der Waals surface area contributed by atoms with Crippen LogP contribution in [0.15, 0.2) is 72.5 Å². The molecule has 11 atom stereocenters. The summed E-state index contributed by atoms with van der Waals surface area (Å²) in [4.78, 5) is 12.4. The second kappa shape index (κ2) is 16.0. The van der Waals surface area contributed by atoms with Crippen LogP contribution in [0, 0.1) is 0 Å². The molecule has 1 unspecified atom stereocenters. The van der Waals surface area contributed by atoms with Gasteiger partial charge in [0.15, 0.2) is 6.10 Å². The van der Waals surface area contributed by atoms with Crippen LogP contribution in [-0.4, -0.2) is 132 Å². The summed E-state index contributed by atoms with van der Waals surface area (Å²) >= 11 is 0. The van der Waals surface area contributed by atoms with Crippen LogP contribution in [0.1, 0.15) is 22.8 Å². The molecule has 2 saturated heterocycles. The molecule has 10 N–H and O–H groups in total. The zero-order valence-corrected chi connectivity index (χ0v) is 27.6. The molecule has 0 saturated carbocycles. The number of aliphatic hydroxyl groups is 7. The Labute approximate surface area is 301 Å². The second-order valence-corrected chi connectivity index (χ2v) is 12.5. The molecule has 0 aromatic heterocycles. The van der Waals surface area contributed by atoms with Crippen LogP contribution in [0.4, 0.5) is 0 Å². The van der Waals surface area contributed by atoms with Crippen molar-refractivity contribution in [2.45, 2.75) is 67.5 Å². The number of aromatic hydroxyl groups is 3. The minimum absolute atomic E-state index is 0.0146. The smallest absolute Gasteiger partial charge is 0.330 e. The Morgan fingerprint density at radius 1 is 0.698 bits per heavy atom. The predicted molar refractivity (Wildman–Crippen MR) is 178 cm³/mol. The summed E-state index contributed by atoms with van der Waals surface area (Å²) in [6.07, 6.45) is -13.9. The number of esters is 1. The number of aliphatic hydroxyl groups excluding tert-OH is 7. The fourth-order valence-electron chi connectivity index (χ4n) is 5.84. The fraction of sp³-hybridized carbons (Fsp3) is 0.361. The number of ether oxygens (including phenoxy) is 6. The minimum atomic E-state index is -1.85. The summed E-state index contributed by atoms with van der Waals surface area (Å²) < 4.78 is 34.6. The molecule has 6 rings (SSSR count). The summed E-state index contributed by atoms with van der Waals surface area (Å²) in [7, 11) is 0. The number of fused-ring (bicyclic) bond motifs is 1. The molecule has 3 aromatic carbocycles. The molecule has 3 aromatic rings. The van der Waals surface area contributed by atoms with Crippen LogP contribution in [-0.2, 0) is 23.7 Å². The van der Waals surface area contributed by atoms with Gasteiger partial charge in [0, 0.05) is 23.8 Å². The molecule has 0 radical (unpaired) electrons. The number of rotatable bonds is 10. The summed E-state index contributed by atoms with van der Waals surface area (Å²) in [5, 5.41) is 103. The number of benzene rings is 3. The highest BCUT2D eigenvalue weighted by molar-refractivity contribution is 5.87. The lowest BCUT2D eigenvalue weighted by Crippen LogP contribution is -2.60. The van der Waals surface area contributed by atoms with Gasteiger partial charge in [0.25, 0.3) is 0 Å². The molecule has 3 heterocycles. The van der Waals surface area contributed by atoms with Gasteiger partial charge in [-0.2, -0.15) is 0 Å². The van der Waals surface area contributed by atoms with Gasteiger partial charge in [-0.05, 0) is 42.0 Å². The molecule has 0 aliphatic carbocycles. The predicted octanol–water partition coefficient (Wildman–Crippen LogP) is -0.463. The van der Waals surface area contributed by atoms with E-state index in [-0.39, 0.29) is 40.1 Å². The van der Waals surface area contributed by atoms with Crippen molar-refractivity contribution in [3.63, 3.8) is 0 Å². The van der Waals surface area contributed by atoms with Gasteiger partial charge in [0.05, 0.1) is 12.2 Å². The average Bonchev–Trinajstić information content (AvgIpc) is 3.14. The van der Waals surface area contributed by atoms with E-state index in [1.807, 2.05) is 0 Å². The van der Waals surface area contributed by atoms with Gasteiger partial charge < -0.3 is 79.5 Å². The summed E-state index contributed by atoms with van der Waals surface area (Å²) in [5.41, 5.74) is 1.07. The quantitative estimate of drug-likeness (QED) is 0.0929. The zero-order valence-electron chi connectivity index (χ0n) is 27.6. The molecule has 2 fully saturated rings. The fourth-order valence-corrected chi connectivity index (χ4v) is 5.84. The maximum atomic E-state index is 12.4. The minimum Gasteiger partial charge on any atom is -0.508 e. The van der Waals surface area contributed by atoms with Gasteiger partial charge in [0.2, 0.25) is 12.6 Å². The van der Waals surface area contributed by atoms with Gasteiger partial charge in [-0.3, -0.25) is 0 Å². The van der Waals surface area contributed by atoms with E-state index in [0.717, 1.165) is 12.1 Å². The third kappa shape index (κ3) is 8.33. The van der Waals surface area contributed by atoms with Crippen LogP contribution < -0.4 is 9.47 Å². The van der Waals surface area contributed by atoms with Crippen LogP contribution in [0.2, 0.25) is 0 Å². The van der Waals surface area contributed by atoms with Crippen molar-refractivity contribution in [3.05, 3.63) is 89.2 Å². The molecule has 0 bridgehead atoms. The number of carbonyl (C=O) groups is 1. The van der Waals surface area contributed by atoms with Crippen molar-refractivity contribution in [3.8, 4) is 28.7 Å². The average molecular weight is 743 g/mol. The summed E-state index contributed by atoms with van der Waals surface area (Å²) in [6.45, 7) is -1.29. The van der Waals surface area contributed by atoms with Crippen LogP contribution in [0.3, 0.4) is 0 Å². The van der Waals surface area contributed by atoms with Gasteiger partial charge in [0.1, 0.15) is 89.9 Å². The lowest BCUT2D eigenvalue weighted by atomic mass is 9.98. The van der Waals surface area contributed by atoms with E-state index in [4.69, 9.17) is 28.4 Å². The Bertz CT molecular complexity index is 1790. The topological polar surface area (TPSA) is 275 Å². The molecule has 0 spiro atoms. The first kappa shape index (κ1) is 37.8. The Hall–Kier alpha value is -4.95. The van der Waals surface area contributed by atoms with Crippen LogP contribution >= 0.6 is 0 Å². The SMILES string of the molecule is O=C(/C=C/c1ccc(O)cc1)OC[C@H]1O[C@@H](OC2=Cc3c(cc(O)cc3O[C@@H]3O[C@H](CO)[C@@H](O)[C@H](O)[C@H]3O)OC2c2ccc(O)cc2)[C@H](O)[C@H](O)[C@@H]1O. The Morgan fingerprint density at radius 3 is 1.92 bits per heavy atom. The molecule has 17 nitrogen and oxygen atoms in total. The number of phenolic OH excluding ortho intramolecular Hbond substituents is 3. The number of carbonyl (C=O) groups excluding carboxylic acids is 1. The van der Waals surface area contributed by atoms with Crippen LogP contribution in [0.25, 0.3) is 12.2 Å². The first-order chi connectivity index (χ1) is 25.3. The third-order valence-corrected chi connectivity index (χ3v) is 8.78. The van der Waals surface area contributed by atoms with Crippen molar-refractivity contribution >= 4 is 18.1 Å². The van der Waals surface area contributed by atoms with Crippen molar-refractivity contribution in [2.75, 3.05) is 13.2 Å². The largest absolute Gasteiger partial charge is 0.508 e. The Balaban J connectivity index is 1.26. The second-order valence-electron chi connectivity index (χ2n) is 12.5. The molecule has 17 heteroatoms.